The van der Waals surface area contributed by atoms with Crippen molar-refractivity contribution in [1.82, 2.24) is 0 Å². The summed E-state index contributed by atoms with van der Waals surface area (Å²) in [5.41, 5.74) is 0. The van der Waals surface area contributed by atoms with Crippen LogP contribution >= 0.6 is 27.5 Å². The Morgan fingerprint density at radius 2 is 2.18 bits per heavy atom. The van der Waals surface area contributed by atoms with Crippen LogP contribution in [0.3, 0.4) is 0 Å². The molecule has 0 spiro atoms. The molecule has 0 aliphatic rings. The Morgan fingerprint density at radius 3 is 2.64 bits per heavy atom. The Bertz CT molecular complexity index is 250. The normalized spacial score (nSPS) is 8.64. The van der Waals surface area contributed by atoms with Crippen LogP contribution in [0, 0.1) is 0 Å². The molecule has 0 atom stereocenters. The van der Waals surface area contributed by atoms with Crippen molar-refractivity contribution in [1.29, 1.82) is 0 Å². The van der Waals surface area contributed by atoms with Crippen molar-refractivity contribution in [3.8, 4) is 5.75 Å². The maximum Gasteiger partial charge on any atom is 2.00 e. The molecule has 0 bridgehead atoms. The maximum atomic E-state index is 5.75. The van der Waals surface area contributed by atoms with E-state index in [0.29, 0.717) is 10.8 Å². The zero-order chi connectivity index (χ0) is 7.56. The van der Waals surface area contributed by atoms with Gasteiger partial charge >= 0.3 is 23.1 Å². The maximum absolute atomic E-state index is 5.75. The van der Waals surface area contributed by atoms with Gasteiger partial charge in [-0.25, -0.2) is 0 Å². The molecule has 1 aromatic carbocycles. The fourth-order valence-corrected chi connectivity index (χ4v) is 1.17. The summed E-state index contributed by atoms with van der Waals surface area (Å²) in [7, 11) is 1.59. The fourth-order valence-electron chi connectivity index (χ4n) is 0.634. The molecule has 0 saturated heterocycles. The molecule has 0 amide bonds. The number of hydrogen-bond donors (Lipinski definition) is 0. The number of hydrogen-bond acceptors (Lipinski definition) is 1. The van der Waals surface area contributed by atoms with Gasteiger partial charge in [-0.3, -0.25) is 0 Å². The standard InChI is InChI=1S/C7H6BrClO.Mg.2H/c1-10-7-4-5(8)2-3-6(7)9;;;/h2-4H,1H3;;;/q;+2;2*-1. The van der Waals surface area contributed by atoms with E-state index in [-0.39, 0.29) is 25.9 Å². The molecule has 58 valence electrons. The van der Waals surface area contributed by atoms with Gasteiger partial charge in [0.05, 0.1) is 12.1 Å². The van der Waals surface area contributed by atoms with Crippen LogP contribution in [-0.2, 0) is 0 Å². The first-order chi connectivity index (χ1) is 4.74. The summed E-state index contributed by atoms with van der Waals surface area (Å²) >= 11 is 9.05. The first-order valence-corrected chi connectivity index (χ1v) is 3.90. The zero-order valence-corrected chi connectivity index (χ0v) is 9.86. The second kappa shape index (κ2) is 5.25. The molecule has 0 unspecified atom stereocenters. The molecule has 1 aromatic rings. The molecule has 0 saturated carbocycles. The molecule has 0 aliphatic carbocycles. The molecule has 11 heavy (non-hydrogen) atoms. The van der Waals surface area contributed by atoms with Gasteiger partial charge in [0.25, 0.3) is 0 Å². The van der Waals surface area contributed by atoms with Gasteiger partial charge in [-0.2, -0.15) is 0 Å². The van der Waals surface area contributed by atoms with Crippen LogP contribution < -0.4 is 4.74 Å². The Kier molecular flexibility index (Phi) is 5.51. The summed E-state index contributed by atoms with van der Waals surface area (Å²) in [4.78, 5) is 0. The van der Waals surface area contributed by atoms with E-state index >= 15 is 0 Å². The molecule has 1 rings (SSSR count). The largest absolute Gasteiger partial charge is 2.00 e. The van der Waals surface area contributed by atoms with Crippen molar-refractivity contribution in [3.63, 3.8) is 0 Å². The van der Waals surface area contributed by atoms with Crippen molar-refractivity contribution >= 4 is 50.6 Å². The van der Waals surface area contributed by atoms with E-state index in [2.05, 4.69) is 15.9 Å². The minimum absolute atomic E-state index is 0. The van der Waals surface area contributed by atoms with E-state index in [1.807, 2.05) is 12.1 Å². The molecule has 0 heterocycles. The number of benzene rings is 1. The van der Waals surface area contributed by atoms with Crippen LogP contribution in [0.15, 0.2) is 22.7 Å². The minimum atomic E-state index is 0. The average molecular weight is 248 g/mol. The molecule has 1 nitrogen and oxygen atoms in total. The summed E-state index contributed by atoms with van der Waals surface area (Å²) in [6, 6.07) is 5.47. The Balaban J connectivity index is -0.000000333. The summed E-state index contributed by atoms with van der Waals surface area (Å²) in [5.74, 6) is 0.691. The van der Waals surface area contributed by atoms with E-state index in [0.717, 1.165) is 4.47 Å². The van der Waals surface area contributed by atoms with Crippen molar-refractivity contribution < 1.29 is 7.59 Å². The summed E-state index contributed by atoms with van der Waals surface area (Å²) < 4.78 is 5.93. The second-order valence-electron chi connectivity index (χ2n) is 1.78. The minimum Gasteiger partial charge on any atom is -1.00 e. The molecule has 0 aliphatic heterocycles. The molecule has 0 fully saturated rings. The molecular weight excluding hydrogens is 240 g/mol. The van der Waals surface area contributed by atoms with Crippen LogP contribution in [0.25, 0.3) is 0 Å². The Hall–Kier alpha value is 0.556. The number of methoxy groups -OCH3 is 1. The van der Waals surface area contributed by atoms with Gasteiger partial charge in [-0.1, -0.05) is 27.5 Å². The van der Waals surface area contributed by atoms with E-state index in [1.54, 1.807) is 13.2 Å². The van der Waals surface area contributed by atoms with Crippen LogP contribution in [0.5, 0.6) is 5.75 Å². The SMILES string of the molecule is COc1cc(Br)ccc1Cl.[H-].[H-].[Mg+2]. The summed E-state index contributed by atoms with van der Waals surface area (Å²) in [6.45, 7) is 0. The first kappa shape index (κ1) is 11.6. The third-order valence-corrected chi connectivity index (χ3v) is 1.92. The van der Waals surface area contributed by atoms with Crippen molar-refractivity contribution in [2.24, 2.45) is 0 Å². The smallest absolute Gasteiger partial charge is 1.00 e. The zero-order valence-electron chi connectivity index (χ0n) is 8.10. The van der Waals surface area contributed by atoms with Crippen LogP contribution in [0.4, 0.5) is 0 Å². The number of ether oxygens (including phenoxy) is 1. The Labute approximate surface area is 98.3 Å². The number of halogens is 2. The summed E-state index contributed by atoms with van der Waals surface area (Å²) in [6.07, 6.45) is 0. The molecule has 0 aromatic heterocycles. The predicted octanol–water partition coefficient (Wildman–Crippen LogP) is 2.96. The van der Waals surface area contributed by atoms with Gasteiger partial charge in [0.1, 0.15) is 5.75 Å². The topological polar surface area (TPSA) is 9.23 Å². The van der Waals surface area contributed by atoms with Gasteiger partial charge in [0, 0.05) is 4.47 Å². The number of rotatable bonds is 1. The van der Waals surface area contributed by atoms with Crippen molar-refractivity contribution in [2.45, 2.75) is 0 Å². The Morgan fingerprint density at radius 1 is 1.55 bits per heavy atom. The predicted molar refractivity (Wildman–Crippen MR) is 53.7 cm³/mol. The third-order valence-electron chi connectivity index (χ3n) is 1.11. The third kappa shape index (κ3) is 3.19. The molecule has 0 radical (unpaired) electrons. The molecular formula is C7H8BrClMgO. The van der Waals surface area contributed by atoms with Crippen LogP contribution in [0.1, 0.15) is 2.85 Å². The van der Waals surface area contributed by atoms with Gasteiger partial charge < -0.3 is 7.59 Å². The van der Waals surface area contributed by atoms with Crippen LogP contribution in [0.2, 0.25) is 5.02 Å². The van der Waals surface area contributed by atoms with Gasteiger partial charge in [-0.05, 0) is 18.2 Å². The van der Waals surface area contributed by atoms with E-state index < -0.39 is 0 Å². The monoisotopic (exact) mass is 246 g/mol. The second-order valence-corrected chi connectivity index (χ2v) is 3.10. The van der Waals surface area contributed by atoms with Crippen molar-refractivity contribution in [2.75, 3.05) is 7.11 Å². The van der Waals surface area contributed by atoms with Gasteiger partial charge in [0.15, 0.2) is 0 Å². The quantitative estimate of drug-likeness (QED) is 0.694. The van der Waals surface area contributed by atoms with Crippen LogP contribution in [-0.4, -0.2) is 30.2 Å². The van der Waals surface area contributed by atoms with E-state index in [9.17, 15) is 0 Å². The molecule has 0 N–H and O–H groups in total. The molecule has 4 heteroatoms. The van der Waals surface area contributed by atoms with E-state index in [1.165, 1.54) is 0 Å². The van der Waals surface area contributed by atoms with Gasteiger partial charge in [-0.15, -0.1) is 0 Å². The average Bonchev–Trinajstić information content (AvgIpc) is 1.94. The van der Waals surface area contributed by atoms with Gasteiger partial charge in [0.2, 0.25) is 0 Å². The van der Waals surface area contributed by atoms with E-state index in [4.69, 9.17) is 16.3 Å². The summed E-state index contributed by atoms with van der Waals surface area (Å²) in [5, 5.41) is 0.630. The first-order valence-electron chi connectivity index (χ1n) is 2.73. The van der Waals surface area contributed by atoms with Crippen molar-refractivity contribution in [3.05, 3.63) is 27.7 Å². The fraction of sp³-hybridized carbons (Fsp3) is 0.143.